The maximum Gasteiger partial charge on any atom is 0.128 e. The molecule has 2 aromatic rings. The van der Waals surface area contributed by atoms with Crippen molar-refractivity contribution in [2.45, 2.75) is 19.4 Å². The third kappa shape index (κ3) is 3.08. The van der Waals surface area contributed by atoms with Crippen LogP contribution in [0.1, 0.15) is 23.6 Å². The maximum absolute atomic E-state index is 13.8. The summed E-state index contributed by atoms with van der Waals surface area (Å²) < 4.78 is 13.8. The number of hydrogen-bond donors (Lipinski definition) is 1. The van der Waals surface area contributed by atoms with Gasteiger partial charge in [-0.25, -0.2) is 4.39 Å². The van der Waals surface area contributed by atoms with Crippen LogP contribution in [0, 0.1) is 12.7 Å². The predicted molar refractivity (Wildman–Crippen MR) is 85.2 cm³/mol. The van der Waals surface area contributed by atoms with Crippen molar-refractivity contribution in [1.29, 1.82) is 0 Å². The minimum absolute atomic E-state index is 0.124. The molecule has 21 heavy (non-hydrogen) atoms. The third-order valence-corrected chi connectivity index (χ3v) is 4.18. The van der Waals surface area contributed by atoms with Crippen LogP contribution in [0.4, 0.5) is 10.1 Å². The molecule has 3 rings (SSSR count). The van der Waals surface area contributed by atoms with Gasteiger partial charge in [-0.3, -0.25) is 0 Å². The Labute approximate surface area is 125 Å². The summed E-state index contributed by atoms with van der Waals surface area (Å²) in [7, 11) is 0. The average Bonchev–Trinajstić information content (AvgIpc) is 2.77. The van der Waals surface area contributed by atoms with Crippen LogP contribution >= 0.6 is 0 Å². The number of anilines is 1. The normalized spacial score (nSPS) is 19.3. The average molecular weight is 284 g/mol. The van der Waals surface area contributed by atoms with Gasteiger partial charge >= 0.3 is 0 Å². The van der Waals surface area contributed by atoms with Gasteiger partial charge < -0.3 is 10.2 Å². The summed E-state index contributed by atoms with van der Waals surface area (Å²) >= 11 is 0. The molecule has 1 unspecified atom stereocenters. The number of nitrogens with one attached hydrogen (secondary N) is 1. The molecule has 0 bridgehead atoms. The van der Waals surface area contributed by atoms with Gasteiger partial charge in [-0.15, -0.1) is 0 Å². The predicted octanol–water partition coefficient (Wildman–Crippen LogP) is 3.68. The van der Waals surface area contributed by atoms with Crippen LogP contribution in [0.25, 0.3) is 0 Å². The highest BCUT2D eigenvalue weighted by Crippen LogP contribution is 2.26. The van der Waals surface area contributed by atoms with Gasteiger partial charge in [0.15, 0.2) is 0 Å². The van der Waals surface area contributed by atoms with Gasteiger partial charge in [0.1, 0.15) is 5.82 Å². The highest BCUT2D eigenvalue weighted by Gasteiger charge is 2.20. The van der Waals surface area contributed by atoms with Crippen LogP contribution in [0.5, 0.6) is 0 Å². The summed E-state index contributed by atoms with van der Waals surface area (Å²) in [5.41, 5.74) is 3.05. The van der Waals surface area contributed by atoms with E-state index < -0.39 is 0 Å². The van der Waals surface area contributed by atoms with Crippen molar-refractivity contribution in [1.82, 2.24) is 5.32 Å². The highest BCUT2D eigenvalue weighted by atomic mass is 19.1. The Bertz CT molecular complexity index is 597. The zero-order chi connectivity index (χ0) is 14.7. The SMILES string of the molecule is Cc1c(F)cccc1N1CCCNC(c2ccccc2)C1. The molecule has 1 fully saturated rings. The fourth-order valence-electron chi connectivity index (χ4n) is 2.99. The summed E-state index contributed by atoms with van der Waals surface area (Å²) in [6, 6.07) is 16.1. The molecule has 3 heteroatoms. The zero-order valence-electron chi connectivity index (χ0n) is 12.3. The quantitative estimate of drug-likeness (QED) is 0.905. The van der Waals surface area contributed by atoms with Crippen molar-refractivity contribution in [2.75, 3.05) is 24.5 Å². The Morgan fingerprint density at radius 2 is 1.90 bits per heavy atom. The molecule has 2 nitrogen and oxygen atoms in total. The van der Waals surface area contributed by atoms with Crippen molar-refractivity contribution in [3.63, 3.8) is 0 Å². The molecule has 0 radical (unpaired) electrons. The first kappa shape index (κ1) is 14.1. The fourth-order valence-corrected chi connectivity index (χ4v) is 2.99. The molecule has 0 spiro atoms. The van der Waals surface area contributed by atoms with E-state index in [9.17, 15) is 4.39 Å². The molecule has 1 aliphatic heterocycles. The molecule has 1 saturated heterocycles. The molecule has 1 atom stereocenters. The van der Waals surface area contributed by atoms with Gasteiger partial charge in [-0.1, -0.05) is 36.4 Å². The van der Waals surface area contributed by atoms with Crippen LogP contribution in [0.2, 0.25) is 0 Å². The van der Waals surface area contributed by atoms with Gasteiger partial charge in [0.2, 0.25) is 0 Å². The molecular formula is C18H21FN2. The Balaban J connectivity index is 1.87. The van der Waals surface area contributed by atoms with E-state index in [0.717, 1.165) is 37.3 Å². The second kappa shape index (κ2) is 6.27. The molecule has 110 valence electrons. The third-order valence-electron chi connectivity index (χ3n) is 4.18. The van der Waals surface area contributed by atoms with Crippen molar-refractivity contribution < 1.29 is 4.39 Å². The van der Waals surface area contributed by atoms with E-state index >= 15 is 0 Å². The Morgan fingerprint density at radius 1 is 1.10 bits per heavy atom. The summed E-state index contributed by atoms with van der Waals surface area (Å²) in [6.07, 6.45) is 1.07. The molecule has 0 aliphatic carbocycles. The van der Waals surface area contributed by atoms with Gasteiger partial charge in [0.05, 0.1) is 0 Å². The minimum atomic E-state index is -0.124. The lowest BCUT2D eigenvalue weighted by Gasteiger charge is -2.28. The van der Waals surface area contributed by atoms with Crippen molar-refractivity contribution in [3.8, 4) is 0 Å². The summed E-state index contributed by atoms with van der Waals surface area (Å²) in [4.78, 5) is 2.30. The van der Waals surface area contributed by atoms with Crippen LogP contribution in [0.15, 0.2) is 48.5 Å². The molecule has 2 aromatic carbocycles. The van der Waals surface area contributed by atoms with Gasteiger partial charge in [0, 0.05) is 30.4 Å². The lowest BCUT2D eigenvalue weighted by molar-refractivity contribution is 0.568. The number of halogens is 1. The number of benzene rings is 2. The molecular weight excluding hydrogens is 263 g/mol. The van der Waals surface area contributed by atoms with Crippen molar-refractivity contribution in [3.05, 3.63) is 65.5 Å². The first-order valence-corrected chi connectivity index (χ1v) is 7.54. The summed E-state index contributed by atoms with van der Waals surface area (Å²) in [5.74, 6) is -0.124. The topological polar surface area (TPSA) is 15.3 Å². The van der Waals surface area contributed by atoms with Gasteiger partial charge in [0.25, 0.3) is 0 Å². The number of nitrogens with zero attached hydrogens (tertiary/aromatic N) is 1. The van der Waals surface area contributed by atoms with E-state index in [1.54, 1.807) is 6.07 Å². The molecule has 1 aliphatic rings. The van der Waals surface area contributed by atoms with E-state index in [1.807, 2.05) is 19.1 Å². The molecule has 1 heterocycles. The highest BCUT2D eigenvalue weighted by molar-refractivity contribution is 5.54. The largest absolute Gasteiger partial charge is 0.369 e. The van der Waals surface area contributed by atoms with E-state index in [1.165, 1.54) is 11.6 Å². The lowest BCUT2D eigenvalue weighted by atomic mass is 10.1. The fraction of sp³-hybridized carbons (Fsp3) is 0.333. The molecule has 1 N–H and O–H groups in total. The van der Waals surface area contributed by atoms with Crippen LogP contribution < -0.4 is 10.2 Å². The number of hydrogen-bond acceptors (Lipinski definition) is 2. The first-order valence-electron chi connectivity index (χ1n) is 7.54. The standard InChI is InChI=1S/C18H21FN2/c1-14-16(19)9-5-10-18(14)21-12-6-11-20-17(13-21)15-7-3-2-4-8-15/h2-5,7-10,17,20H,6,11-13H2,1H3. The zero-order valence-corrected chi connectivity index (χ0v) is 12.3. The van der Waals surface area contributed by atoms with Crippen molar-refractivity contribution in [2.24, 2.45) is 0 Å². The van der Waals surface area contributed by atoms with Gasteiger partial charge in [-0.05, 0) is 37.6 Å². The van der Waals surface area contributed by atoms with Crippen molar-refractivity contribution >= 4 is 5.69 Å². The Kier molecular flexibility index (Phi) is 4.20. The smallest absolute Gasteiger partial charge is 0.128 e. The van der Waals surface area contributed by atoms with E-state index in [-0.39, 0.29) is 11.9 Å². The Morgan fingerprint density at radius 3 is 2.71 bits per heavy atom. The van der Waals surface area contributed by atoms with Crippen LogP contribution in [0.3, 0.4) is 0 Å². The van der Waals surface area contributed by atoms with Crippen LogP contribution in [-0.4, -0.2) is 19.6 Å². The van der Waals surface area contributed by atoms with E-state index in [0.29, 0.717) is 0 Å². The monoisotopic (exact) mass is 284 g/mol. The first-order chi connectivity index (χ1) is 10.3. The van der Waals surface area contributed by atoms with Gasteiger partial charge in [-0.2, -0.15) is 0 Å². The summed E-state index contributed by atoms with van der Waals surface area (Å²) in [5, 5.41) is 3.60. The van der Waals surface area contributed by atoms with E-state index in [2.05, 4.69) is 34.5 Å². The Hall–Kier alpha value is -1.87. The minimum Gasteiger partial charge on any atom is -0.369 e. The second-order valence-corrected chi connectivity index (χ2v) is 5.60. The second-order valence-electron chi connectivity index (χ2n) is 5.60. The lowest BCUT2D eigenvalue weighted by Crippen LogP contribution is -2.31. The maximum atomic E-state index is 13.8. The molecule has 0 saturated carbocycles. The summed E-state index contributed by atoms with van der Waals surface area (Å²) in [6.45, 7) is 4.68. The molecule has 0 amide bonds. The van der Waals surface area contributed by atoms with Crippen LogP contribution in [-0.2, 0) is 0 Å². The van der Waals surface area contributed by atoms with E-state index in [4.69, 9.17) is 0 Å². The number of rotatable bonds is 2. The molecule has 0 aromatic heterocycles.